The molecule has 3 nitrogen and oxygen atoms in total. The van der Waals surface area contributed by atoms with E-state index >= 15 is 0 Å². The summed E-state index contributed by atoms with van der Waals surface area (Å²) in [5.74, 6) is 0. The quantitative estimate of drug-likeness (QED) is 0.560. The fraction of sp³-hybridized carbons (Fsp3) is 1.00. The first-order valence-electron chi connectivity index (χ1n) is 6.49. The molecule has 0 radical (unpaired) electrons. The second-order valence-corrected chi connectivity index (χ2v) is 5.83. The van der Waals surface area contributed by atoms with Crippen LogP contribution in [0.15, 0.2) is 0 Å². The van der Waals surface area contributed by atoms with Crippen molar-refractivity contribution in [1.29, 1.82) is 0 Å². The van der Waals surface area contributed by atoms with Crippen LogP contribution in [-0.4, -0.2) is 30.5 Å². The van der Waals surface area contributed by atoms with Gasteiger partial charge in [0.25, 0.3) is 0 Å². The lowest BCUT2D eigenvalue weighted by Crippen LogP contribution is -2.41. The zero-order valence-corrected chi connectivity index (χ0v) is 10.8. The fourth-order valence-electron chi connectivity index (χ4n) is 2.47. The Bertz CT molecular complexity index is 206. The molecule has 0 spiro atoms. The lowest BCUT2D eigenvalue weighted by atomic mass is 9.84. The van der Waals surface area contributed by atoms with Crippen molar-refractivity contribution in [3.8, 4) is 0 Å². The molecular weight excluding hydrogens is 202 g/mol. The lowest BCUT2D eigenvalue weighted by molar-refractivity contribution is -0.0547. The Balaban J connectivity index is 2.51. The molecule has 1 aliphatic carbocycles. The smallest absolute Gasteiger partial charge is 0.0804 e. The van der Waals surface area contributed by atoms with Gasteiger partial charge < -0.3 is 15.6 Å². The van der Waals surface area contributed by atoms with Crippen LogP contribution in [0.4, 0.5) is 0 Å². The first-order chi connectivity index (χ1) is 7.54. The summed E-state index contributed by atoms with van der Waals surface area (Å²) >= 11 is 0. The van der Waals surface area contributed by atoms with Crippen LogP contribution in [0, 0.1) is 5.41 Å². The van der Waals surface area contributed by atoms with Crippen molar-refractivity contribution in [3.63, 3.8) is 0 Å². The van der Waals surface area contributed by atoms with E-state index in [0.29, 0.717) is 25.0 Å². The van der Waals surface area contributed by atoms with Crippen molar-refractivity contribution in [3.05, 3.63) is 0 Å². The molecule has 1 rings (SSSR count). The van der Waals surface area contributed by atoms with Gasteiger partial charge in [-0.3, -0.25) is 0 Å². The van der Waals surface area contributed by atoms with Crippen molar-refractivity contribution >= 4 is 0 Å². The van der Waals surface area contributed by atoms with Gasteiger partial charge in [-0.05, 0) is 37.5 Å². The first kappa shape index (κ1) is 13.9. The van der Waals surface area contributed by atoms with E-state index in [2.05, 4.69) is 13.8 Å². The van der Waals surface area contributed by atoms with E-state index in [0.717, 1.165) is 12.8 Å². The Labute approximate surface area is 99.4 Å². The maximum absolute atomic E-state index is 8.78. The van der Waals surface area contributed by atoms with Gasteiger partial charge in [0.05, 0.1) is 5.60 Å². The summed E-state index contributed by atoms with van der Waals surface area (Å²) in [6.45, 7) is 6.09. The average molecular weight is 229 g/mol. The van der Waals surface area contributed by atoms with Crippen molar-refractivity contribution in [2.24, 2.45) is 11.1 Å². The Morgan fingerprint density at radius 2 is 1.94 bits per heavy atom. The number of aliphatic hydroxyl groups is 1. The minimum atomic E-state index is -0.122. The molecule has 1 aliphatic rings. The van der Waals surface area contributed by atoms with E-state index in [1.807, 2.05) is 0 Å². The standard InChI is InChI=1S/C13H27NO2/c1-12(2)5-3-6-13(11-14,8-7-12)16-10-4-9-15/h15H,3-11,14H2,1-2H3. The van der Waals surface area contributed by atoms with Gasteiger partial charge in [0.2, 0.25) is 0 Å². The molecule has 0 saturated heterocycles. The van der Waals surface area contributed by atoms with Crippen molar-refractivity contribution < 1.29 is 9.84 Å². The average Bonchev–Trinajstić information content (AvgIpc) is 2.39. The predicted octanol–water partition coefficient (Wildman–Crippen LogP) is 2.07. The predicted molar refractivity (Wildman–Crippen MR) is 66.3 cm³/mol. The van der Waals surface area contributed by atoms with Gasteiger partial charge in [0.1, 0.15) is 0 Å². The number of aliphatic hydroxyl groups excluding tert-OH is 1. The van der Waals surface area contributed by atoms with E-state index in [-0.39, 0.29) is 12.2 Å². The van der Waals surface area contributed by atoms with E-state index in [1.165, 1.54) is 19.3 Å². The highest BCUT2D eigenvalue weighted by molar-refractivity contribution is 4.88. The van der Waals surface area contributed by atoms with Gasteiger partial charge in [-0.15, -0.1) is 0 Å². The van der Waals surface area contributed by atoms with Crippen LogP contribution in [0.5, 0.6) is 0 Å². The molecule has 16 heavy (non-hydrogen) atoms. The molecule has 0 aliphatic heterocycles. The van der Waals surface area contributed by atoms with E-state index in [9.17, 15) is 0 Å². The molecule has 1 atom stereocenters. The number of rotatable bonds is 5. The number of ether oxygens (including phenoxy) is 1. The highest BCUT2D eigenvalue weighted by Crippen LogP contribution is 2.39. The third kappa shape index (κ3) is 4.04. The normalized spacial score (nSPS) is 30.0. The molecule has 96 valence electrons. The van der Waals surface area contributed by atoms with E-state index < -0.39 is 0 Å². The minimum Gasteiger partial charge on any atom is -0.396 e. The fourth-order valence-corrected chi connectivity index (χ4v) is 2.47. The zero-order chi connectivity index (χ0) is 12.1. The Morgan fingerprint density at radius 3 is 2.56 bits per heavy atom. The zero-order valence-electron chi connectivity index (χ0n) is 10.8. The highest BCUT2D eigenvalue weighted by atomic mass is 16.5. The van der Waals surface area contributed by atoms with Crippen LogP contribution in [-0.2, 0) is 4.74 Å². The van der Waals surface area contributed by atoms with Gasteiger partial charge in [0.15, 0.2) is 0 Å². The van der Waals surface area contributed by atoms with E-state index in [1.54, 1.807) is 0 Å². The highest BCUT2D eigenvalue weighted by Gasteiger charge is 2.35. The largest absolute Gasteiger partial charge is 0.396 e. The molecule has 0 aromatic carbocycles. The molecule has 3 N–H and O–H groups in total. The van der Waals surface area contributed by atoms with Crippen LogP contribution in [0.1, 0.15) is 52.4 Å². The topological polar surface area (TPSA) is 55.5 Å². The molecule has 0 bridgehead atoms. The monoisotopic (exact) mass is 229 g/mol. The summed E-state index contributed by atoms with van der Waals surface area (Å²) in [4.78, 5) is 0. The maximum atomic E-state index is 8.78. The number of hydrogen-bond donors (Lipinski definition) is 2. The summed E-state index contributed by atoms with van der Waals surface area (Å²) in [7, 11) is 0. The summed E-state index contributed by atoms with van der Waals surface area (Å²) in [6.07, 6.45) is 6.48. The third-order valence-corrected chi connectivity index (χ3v) is 3.83. The molecule has 0 heterocycles. The van der Waals surface area contributed by atoms with Crippen LogP contribution in [0.2, 0.25) is 0 Å². The van der Waals surface area contributed by atoms with Crippen LogP contribution in [0.3, 0.4) is 0 Å². The summed E-state index contributed by atoms with van der Waals surface area (Å²) < 4.78 is 5.95. The first-order valence-corrected chi connectivity index (χ1v) is 6.49. The Hall–Kier alpha value is -0.120. The van der Waals surface area contributed by atoms with Gasteiger partial charge in [-0.25, -0.2) is 0 Å². The summed E-state index contributed by atoms with van der Waals surface area (Å²) in [5.41, 5.74) is 6.20. The van der Waals surface area contributed by atoms with Crippen molar-refractivity contribution in [1.82, 2.24) is 0 Å². The summed E-state index contributed by atoms with van der Waals surface area (Å²) in [6, 6.07) is 0. The van der Waals surface area contributed by atoms with Gasteiger partial charge in [-0.1, -0.05) is 20.3 Å². The summed E-state index contributed by atoms with van der Waals surface area (Å²) in [5, 5.41) is 8.78. The third-order valence-electron chi connectivity index (χ3n) is 3.83. The second-order valence-electron chi connectivity index (χ2n) is 5.83. The maximum Gasteiger partial charge on any atom is 0.0804 e. The van der Waals surface area contributed by atoms with Crippen LogP contribution >= 0.6 is 0 Å². The molecular formula is C13H27NO2. The van der Waals surface area contributed by atoms with Crippen LogP contribution < -0.4 is 5.73 Å². The van der Waals surface area contributed by atoms with Gasteiger partial charge in [-0.2, -0.15) is 0 Å². The van der Waals surface area contributed by atoms with Crippen LogP contribution in [0.25, 0.3) is 0 Å². The SMILES string of the molecule is CC1(C)CCCC(CN)(OCCCO)CC1. The molecule has 0 aromatic rings. The minimum absolute atomic E-state index is 0.122. The number of nitrogens with two attached hydrogens (primary N) is 1. The Kier molecular flexibility index (Phi) is 5.22. The molecule has 1 unspecified atom stereocenters. The molecule has 1 saturated carbocycles. The molecule has 0 aromatic heterocycles. The molecule has 0 amide bonds. The lowest BCUT2D eigenvalue weighted by Gasteiger charge is -2.32. The van der Waals surface area contributed by atoms with E-state index in [4.69, 9.17) is 15.6 Å². The second kappa shape index (κ2) is 5.99. The molecule has 1 fully saturated rings. The van der Waals surface area contributed by atoms with Crippen molar-refractivity contribution in [2.45, 2.75) is 58.0 Å². The Morgan fingerprint density at radius 1 is 1.19 bits per heavy atom. The van der Waals surface area contributed by atoms with Gasteiger partial charge >= 0.3 is 0 Å². The van der Waals surface area contributed by atoms with Crippen molar-refractivity contribution in [2.75, 3.05) is 19.8 Å². The molecule has 3 heteroatoms. The number of hydrogen-bond acceptors (Lipinski definition) is 3. The van der Waals surface area contributed by atoms with Gasteiger partial charge in [0, 0.05) is 19.8 Å².